The summed E-state index contributed by atoms with van der Waals surface area (Å²) in [6, 6.07) is 0. The second-order valence-corrected chi connectivity index (χ2v) is 1.39. The number of rotatable bonds is 2. The molecule has 7 heteroatoms. The lowest BCUT2D eigenvalue weighted by atomic mass is 9.73. The molecular formula is C5H15BF3O3. The van der Waals surface area contributed by atoms with Crippen LogP contribution in [0.15, 0.2) is 0 Å². The van der Waals surface area contributed by atoms with Crippen molar-refractivity contribution in [3.8, 4) is 0 Å². The fourth-order valence-electron chi connectivity index (χ4n) is 0.289. The third-order valence-electron chi connectivity index (χ3n) is 0.577. The van der Waals surface area contributed by atoms with Crippen LogP contribution >= 0.6 is 0 Å². The van der Waals surface area contributed by atoms with Gasteiger partial charge in [-0.1, -0.05) is 26.5 Å². The minimum atomic E-state index is -1.83. The lowest BCUT2D eigenvalue weighted by Crippen LogP contribution is -1.81. The van der Waals surface area contributed by atoms with Crippen molar-refractivity contribution in [1.29, 1.82) is 0 Å². The van der Waals surface area contributed by atoms with E-state index in [2.05, 4.69) is 21.1 Å². The highest BCUT2D eigenvalue weighted by Gasteiger charge is 1.72. The Kier molecular flexibility index (Phi) is 81.3. The molecule has 0 amide bonds. The van der Waals surface area contributed by atoms with E-state index < -0.39 is 6.16 Å². The maximum Gasteiger partial charge on any atom is 0.503 e. The van der Waals surface area contributed by atoms with Crippen molar-refractivity contribution in [2.75, 3.05) is 0 Å². The van der Waals surface area contributed by atoms with E-state index in [0.717, 1.165) is 0 Å². The molecule has 0 bridgehead atoms. The van der Waals surface area contributed by atoms with Crippen LogP contribution in [0.25, 0.3) is 0 Å². The normalized spacial score (nSPS) is 5.17. The Morgan fingerprint density at radius 1 is 1.08 bits per heavy atom. The molecule has 0 aliphatic rings. The fraction of sp³-hybridized carbons (Fsp3) is 0.800. The van der Waals surface area contributed by atoms with Gasteiger partial charge in [-0.3, -0.25) is 14.1 Å². The zero-order chi connectivity index (χ0) is 7.70. The second kappa shape index (κ2) is 32.1. The Hall–Kier alpha value is -0.875. The Labute approximate surface area is 70.1 Å². The van der Waals surface area contributed by atoms with Gasteiger partial charge >= 0.3 is 6.16 Å². The van der Waals surface area contributed by atoms with E-state index in [9.17, 15) is 0 Å². The molecule has 0 aliphatic heterocycles. The van der Waals surface area contributed by atoms with E-state index in [4.69, 9.17) is 15.0 Å². The highest BCUT2D eigenvalue weighted by atomic mass is 19.0. The molecule has 0 rings (SSSR count). The third-order valence-corrected chi connectivity index (χ3v) is 0.577. The summed E-state index contributed by atoms with van der Waals surface area (Å²) in [5.74, 6) is 0. The van der Waals surface area contributed by atoms with Gasteiger partial charge in [0.25, 0.3) is 0 Å². The van der Waals surface area contributed by atoms with E-state index in [0.29, 0.717) is 0 Å². The molecule has 0 aromatic carbocycles. The molecule has 0 aromatic heterocycles. The van der Waals surface area contributed by atoms with Crippen molar-refractivity contribution in [3.05, 3.63) is 0 Å². The number of hydrogen-bond acceptors (Lipinski definition) is 1. The molecule has 3 nitrogen and oxygen atoms in total. The second-order valence-electron chi connectivity index (χ2n) is 1.39. The standard InChI is InChI=1S/C4H10B.CH2O3.3FH/c1-3-5-4-2;2-1(3)4;;;/h3-4H2,1-2H3;(H2,2,3,4);3*1H. The first-order valence-corrected chi connectivity index (χ1v) is 2.88. The number of carbonyl (C=O) groups is 1. The van der Waals surface area contributed by atoms with Crippen LogP contribution in [0.4, 0.5) is 18.9 Å². The van der Waals surface area contributed by atoms with Gasteiger partial charge in [0.05, 0.1) is 0 Å². The summed E-state index contributed by atoms with van der Waals surface area (Å²) in [5, 5.41) is 13.9. The number of carboxylic acid groups (broad SMARTS) is 2. The smallest absolute Gasteiger partial charge is 0.450 e. The average molecular weight is 191 g/mol. The summed E-state index contributed by atoms with van der Waals surface area (Å²) >= 11 is 0. The lowest BCUT2D eigenvalue weighted by molar-refractivity contribution is 0.137. The van der Waals surface area contributed by atoms with Crippen molar-refractivity contribution >= 4 is 13.4 Å². The fourth-order valence-corrected chi connectivity index (χ4v) is 0.289. The van der Waals surface area contributed by atoms with E-state index in [1.165, 1.54) is 12.6 Å². The number of halogens is 3. The van der Waals surface area contributed by atoms with Crippen LogP contribution in [0.2, 0.25) is 12.6 Å². The van der Waals surface area contributed by atoms with Crippen LogP contribution in [0.1, 0.15) is 13.8 Å². The van der Waals surface area contributed by atoms with E-state index in [-0.39, 0.29) is 14.1 Å². The summed E-state index contributed by atoms with van der Waals surface area (Å²) in [7, 11) is 2.25. The molecule has 0 atom stereocenters. The van der Waals surface area contributed by atoms with Crippen molar-refractivity contribution in [2.24, 2.45) is 0 Å². The van der Waals surface area contributed by atoms with Crippen molar-refractivity contribution in [3.63, 3.8) is 0 Å². The van der Waals surface area contributed by atoms with Crippen LogP contribution < -0.4 is 0 Å². The summed E-state index contributed by atoms with van der Waals surface area (Å²) in [5.41, 5.74) is 0. The molecular weight excluding hydrogens is 176 g/mol. The third kappa shape index (κ3) is 476. The topological polar surface area (TPSA) is 57.5 Å². The van der Waals surface area contributed by atoms with Gasteiger partial charge in [-0.2, -0.15) is 0 Å². The predicted octanol–water partition coefficient (Wildman–Crippen LogP) is 2.25. The molecule has 0 fully saturated rings. The maximum absolute atomic E-state index is 8.56. The summed E-state index contributed by atoms with van der Waals surface area (Å²) in [6.45, 7) is 4.31. The van der Waals surface area contributed by atoms with Crippen LogP contribution in [0, 0.1) is 0 Å². The first-order chi connectivity index (χ1) is 4.15. The largest absolute Gasteiger partial charge is 0.503 e. The summed E-state index contributed by atoms with van der Waals surface area (Å²) < 4.78 is 0. The molecule has 12 heavy (non-hydrogen) atoms. The monoisotopic (exact) mass is 191 g/mol. The van der Waals surface area contributed by atoms with Crippen LogP contribution in [-0.4, -0.2) is 23.6 Å². The van der Waals surface area contributed by atoms with Crippen LogP contribution in [-0.2, 0) is 0 Å². The Bertz CT molecular complexity index is 69.0. The minimum absolute atomic E-state index is 0. The summed E-state index contributed by atoms with van der Waals surface area (Å²) in [4.78, 5) is 8.56. The molecule has 77 valence electrons. The Morgan fingerprint density at radius 2 is 1.25 bits per heavy atom. The van der Waals surface area contributed by atoms with Crippen LogP contribution in [0.5, 0.6) is 0 Å². The van der Waals surface area contributed by atoms with Crippen LogP contribution in [0.3, 0.4) is 0 Å². The predicted molar refractivity (Wildman–Crippen MR) is 44.9 cm³/mol. The van der Waals surface area contributed by atoms with Crippen molar-refractivity contribution < 1.29 is 29.1 Å². The lowest BCUT2D eigenvalue weighted by Gasteiger charge is -1.75. The highest BCUT2D eigenvalue weighted by molar-refractivity contribution is 6.34. The van der Waals surface area contributed by atoms with Gasteiger partial charge < -0.3 is 10.2 Å². The molecule has 2 N–H and O–H groups in total. The maximum atomic E-state index is 8.56. The highest BCUT2D eigenvalue weighted by Crippen LogP contribution is 1.77. The molecule has 0 heterocycles. The van der Waals surface area contributed by atoms with Gasteiger partial charge in [-0.05, 0) is 0 Å². The molecule has 0 aliphatic carbocycles. The first-order valence-electron chi connectivity index (χ1n) is 2.88. The Balaban J connectivity index is -0.0000000221. The quantitative estimate of drug-likeness (QED) is 0.658. The van der Waals surface area contributed by atoms with Gasteiger partial charge in [0.1, 0.15) is 7.28 Å². The van der Waals surface area contributed by atoms with Gasteiger partial charge in [-0.25, -0.2) is 4.79 Å². The number of hydrogen-bond donors (Lipinski definition) is 2. The van der Waals surface area contributed by atoms with Gasteiger partial charge in [-0.15, -0.1) is 0 Å². The van der Waals surface area contributed by atoms with E-state index >= 15 is 0 Å². The summed E-state index contributed by atoms with van der Waals surface area (Å²) in [6.07, 6.45) is 0.604. The Morgan fingerprint density at radius 3 is 1.25 bits per heavy atom. The van der Waals surface area contributed by atoms with E-state index in [1.807, 2.05) is 0 Å². The van der Waals surface area contributed by atoms with Gasteiger partial charge in [0.2, 0.25) is 0 Å². The molecule has 0 saturated heterocycles. The molecule has 0 saturated carbocycles. The van der Waals surface area contributed by atoms with E-state index in [1.54, 1.807) is 0 Å². The first kappa shape index (κ1) is 30.4. The van der Waals surface area contributed by atoms with Gasteiger partial charge in [0.15, 0.2) is 0 Å². The zero-order valence-electron chi connectivity index (χ0n) is 7.02. The van der Waals surface area contributed by atoms with Crippen molar-refractivity contribution in [1.82, 2.24) is 0 Å². The molecule has 0 aromatic rings. The average Bonchev–Trinajstić information content (AvgIpc) is 1.66. The molecule has 1 radical (unpaired) electrons. The SMILES string of the molecule is CC[B]CC.F.F.F.O=C(O)O. The minimum Gasteiger partial charge on any atom is -0.450 e. The van der Waals surface area contributed by atoms with Crippen molar-refractivity contribution in [2.45, 2.75) is 26.5 Å². The zero-order valence-corrected chi connectivity index (χ0v) is 7.02. The van der Waals surface area contributed by atoms with Gasteiger partial charge in [0, 0.05) is 0 Å². The molecule has 0 unspecified atom stereocenters. The molecule has 0 spiro atoms.